The van der Waals surface area contributed by atoms with E-state index >= 15 is 0 Å². The molecule has 0 fully saturated rings. The number of aliphatic imine (C=N–C) groups is 1. The van der Waals surface area contributed by atoms with Gasteiger partial charge in [0, 0.05) is 29.3 Å². The number of hydrogen-bond acceptors (Lipinski definition) is 5. The Hall–Kier alpha value is -2.73. The third-order valence-corrected chi connectivity index (χ3v) is 6.47. The maximum Gasteiger partial charge on any atom is 0.315 e. The molecule has 0 radical (unpaired) electrons. The van der Waals surface area contributed by atoms with Crippen LogP contribution in [0.25, 0.3) is 0 Å². The van der Waals surface area contributed by atoms with Crippen LogP contribution in [0.1, 0.15) is 43.2 Å². The summed E-state index contributed by atoms with van der Waals surface area (Å²) >= 11 is 3.54. The first-order valence-electron chi connectivity index (χ1n) is 10.3. The van der Waals surface area contributed by atoms with Gasteiger partial charge in [-0.3, -0.25) is 14.6 Å². The fraction of sp³-hybridized carbons (Fsp3) is 0.320. The van der Waals surface area contributed by atoms with Gasteiger partial charge in [0.05, 0.1) is 11.6 Å². The van der Waals surface area contributed by atoms with Gasteiger partial charge in [-0.25, -0.2) is 0 Å². The number of hydrogen-bond donors (Lipinski definition) is 0. The van der Waals surface area contributed by atoms with Crippen molar-refractivity contribution in [2.24, 2.45) is 10.9 Å². The van der Waals surface area contributed by atoms with Crippen LogP contribution in [0.5, 0.6) is 5.75 Å². The van der Waals surface area contributed by atoms with Gasteiger partial charge in [-0.2, -0.15) is 0 Å². The maximum absolute atomic E-state index is 13.3. The van der Waals surface area contributed by atoms with Crippen LogP contribution in [-0.2, 0) is 20.9 Å². The van der Waals surface area contributed by atoms with E-state index in [1.165, 1.54) is 0 Å². The summed E-state index contributed by atoms with van der Waals surface area (Å²) in [5.41, 5.74) is 3.92. The van der Waals surface area contributed by atoms with Crippen molar-refractivity contribution in [1.29, 1.82) is 0 Å². The Bertz CT molecular complexity index is 1070. The minimum absolute atomic E-state index is 0.0651. The molecular formula is C25H24BrNO4. The van der Waals surface area contributed by atoms with Gasteiger partial charge in [-0.05, 0) is 59.0 Å². The summed E-state index contributed by atoms with van der Waals surface area (Å²) in [6.07, 6.45) is 2.02. The van der Waals surface area contributed by atoms with Crippen molar-refractivity contribution in [2.75, 3.05) is 7.11 Å². The van der Waals surface area contributed by atoms with Gasteiger partial charge in [0.15, 0.2) is 5.78 Å². The zero-order chi connectivity index (χ0) is 22.0. The second-order valence-electron chi connectivity index (χ2n) is 7.83. The Kier molecular flexibility index (Phi) is 6.37. The molecule has 2 aromatic rings. The second kappa shape index (κ2) is 9.18. The van der Waals surface area contributed by atoms with Crippen molar-refractivity contribution >= 4 is 33.4 Å². The molecule has 6 heteroatoms. The van der Waals surface area contributed by atoms with Crippen LogP contribution in [0.3, 0.4) is 0 Å². The van der Waals surface area contributed by atoms with E-state index in [9.17, 15) is 9.59 Å². The number of nitrogens with zero attached hydrogens (tertiary/aromatic N) is 1. The molecule has 1 heterocycles. The van der Waals surface area contributed by atoms with Gasteiger partial charge in [-0.1, -0.05) is 36.4 Å². The lowest BCUT2D eigenvalue weighted by Gasteiger charge is -2.34. The van der Waals surface area contributed by atoms with Crippen LogP contribution in [0, 0.1) is 5.92 Å². The van der Waals surface area contributed by atoms with Crippen LogP contribution < -0.4 is 4.74 Å². The molecule has 2 aliphatic rings. The van der Waals surface area contributed by atoms with E-state index in [2.05, 4.69) is 20.9 Å². The summed E-state index contributed by atoms with van der Waals surface area (Å²) < 4.78 is 11.8. The molecule has 2 atom stereocenters. The molecule has 0 saturated carbocycles. The molecule has 160 valence electrons. The highest BCUT2D eigenvalue weighted by Gasteiger charge is 2.43. The number of carbonyl (C=O) groups excluding carboxylic acids is 2. The molecule has 1 aliphatic carbocycles. The van der Waals surface area contributed by atoms with Gasteiger partial charge in [-0.15, -0.1) is 0 Å². The Morgan fingerprint density at radius 2 is 1.94 bits per heavy atom. The number of esters is 1. The minimum atomic E-state index is -0.648. The fourth-order valence-electron chi connectivity index (χ4n) is 4.37. The molecular weight excluding hydrogens is 458 g/mol. The lowest BCUT2D eigenvalue weighted by molar-refractivity contribution is -0.148. The Morgan fingerprint density at radius 1 is 1.16 bits per heavy atom. The predicted octanol–water partition coefficient (Wildman–Crippen LogP) is 5.38. The molecule has 0 spiro atoms. The monoisotopic (exact) mass is 481 g/mol. The van der Waals surface area contributed by atoms with Crippen molar-refractivity contribution in [3.8, 4) is 5.75 Å². The largest absolute Gasteiger partial charge is 0.496 e. The van der Waals surface area contributed by atoms with Crippen LogP contribution in [-0.4, -0.2) is 24.6 Å². The van der Waals surface area contributed by atoms with E-state index in [1.807, 2.05) is 55.5 Å². The van der Waals surface area contributed by atoms with Gasteiger partial charge in [0.25, 0.3) is 0 Å². The SMILES string of the molecule is COc1ccc([C@@H]2C3=C(CCCC3=O)N=C(C)C2C(=O)OCc2ccccc2)cc1Br. The quantitative estimate of drug-likeness (QED) is 0.537. The number of allylic oxidation sites excluding steroid dienone is 2. The maximum atomic E-state index is 13.3. The van der Waals surface area contributed by atoms with E-state index in [4.69, 9.17) is 9.47 Å². The average molecular weight is 482 g/mol. The van der Waals surface area contributed by atoms with Crippen molar-refractivity contribution in [2.45, 2.75) is 38.7 Å². The summed E-state index contributed by atoms with van der Waals surface area (Å²) in [4.78, 5) is 30.9. The molecule has 1 unspecified atom stereocenters. The van der Waals surface area contributed by atoms with Crippen molar-refractivity contribution in [3.05, 3.63) is 75.4 Å². The topological polar surface area (TPSA) is 65.0 Å². The zero-order valence-electron chi connectivity index (χ0n) is 17.6. The summed E-state index contributed by atoms with van der Waals surface area (Å²) in [7, 11) is 1.60. The first kappa shape index (κ1) is 21.5. The highest BCUT2D eigenvalue weighted by molar-refractivity contribution is 9.10. The second-order valence-corrected chi connectivity index (χ2v) is 8.69. The predicted molar refractivity (Wildman–Crippen MR) is 122 cm³/mol. The van der Waals surface area contributed by atoms with Crippen molar-refractivity contribution in [1.82, 2.24) is 0 Å². The van der Waals surface area contributed by atoms with E-state index in [0.717, 1.165) is 34.1 Å². The van der Waals surface area contributed by atoms with E-state index in [-0.39, 0.29) is 18.4 Å². The van der Waals surface area contributed by atoms with Crippen LogP contribution in [0.2, 0.25) is 0 Å². The summed E-state index contributed by atoms with van der Waals surface area (Å²) in [6.45, 7) is 2.03. The molecule has 0 amide bonds. The van der Waals surface area contributed by atoms with E-state index in [1.54, 1.807) is 7.11 Å². The number of Topliss-reactive ketones (excluding diaryl/α,β-unsaturated/α-hetero) is 1. The molecule has 2 aromatic carbocycles. The van der Waals surface area contributed by atoms with E-state index < -0.39 is 11.8 Å². The van der Waals surface area contributed by atoms with Crippen LogP contribution in [0.15, 0.2) is 69.3 Å². The Balaban J connectivity index is 1.72. The molecule has 31 heavy (non-hydrogen) atoms. The summed E-state index contributed by atoms with van der Waals surface area (Å²) in [5, 5.41) is 0. The lowest BCUT2D eigenvalue weighted by Crippen LogP contribution is -2.37. The smallest absolute Gasteiger partial charge is 0.315 e. The standard InChI is InChI=1S/C25H24BrNO4/c1-15-22(25(29)31-14-16-7-4-3-5-8-16)23(17-11-12-21(30-2)18(26)13-17)24-19(27-15)9-6-10-20(24)28/h3-5,7-8,11-13,22-23H,6,9-10,14H2,1-2H3/t22?,23-/m0/s1. The first-order chi connectivity index (χ1) is 15.0. The molecule has 4 rings (SSSR count). The van der Waals surface area contributed by atoms with Crippen LogP contribution in [0.4, 0.5) is 0 Å². The highest BCUT2D eigenvalue weighted by atomic mass is 79.9. The Labute approximate surface area is 190 Å². The lowest BCUT2D eigenvalue weighted by atomic mass is 9.72. The normalized spacial score (nSPS) is 20.7. The molecule has 0 saturated heterocycles. The van der Waals surface area contributed by atoms with Crippen molar-refractivity contribution < 1.29 is 19.1 Å². The number of benzene rings is 2. The summed E-state index contributed by atoms with van der Waals surface area (Å²) in [5.74, 6) is -0.685. The minimum Gasteiger partial charge on any atom is -0.496 e. The zero-order valence-corrected chi connectivity index (χ0v) is 19.1. The number of ether oxygens (including phenoxy) is 2. The number of carbonyl (C=O) groups is 2. The van der Waals surface area contributed by atoms with E-state index in [0.29, 0.717) is 23.5 Å². The number of halogens is 1. The molecule has 0 bridgehead atoms. The highest BCUT2D eigenvalue weighted by Crippen LogP contribution is 2.45. The fourth-order valence-corrected chi connectivity index (χ4v) is 4.92. The number of methoxy groups -OCH3 is 1. The summed E-state index contributed by atoms with van der Waals surface area (Å²) in [6, 6.07) is 15.3. The first-order valence-corrected chi connectivity index (χ1v) is 11.1. The van der Waals surface area contributed by atoms with Gasteiger partial charge in [0.1, 0.15) is 18.3 Å². The third kappa shape index (κ3) is 4.35. The molecule has 1 aliphatic heterocycles. The van der Waals surface area contributed by atoms with Gasteiger partial charge >= 0.3 is 5.97 Å². The van der Waals surface area contributed by atoms with Crippen molar-refractivity contribution in [3.63, 3.8) is 0 Å². The number of rotatable bonds is 5. The van der Waals surface area contributed by atoms with Gasteiger partial charge < -0.3 is 9.47 Å². The molecule has 0 N–H and O–H groups in total. The third-order valence-electron chi connectivity index (χ3n) is 5.85. The van der Waals surface area contributed by atoms with Gasteiger partial charge in [0.2, 0.25) is 0 Å². The average Bonchev–Trinajstić information content (AvgIpc) is 2.77. The molecule has 0 aromatic heterocycles. The van der Waals surface area contributed by atoms with Crippen LogP contribution >= 0.6 is 15.9 Å². The molecule has 5 nitrogen and oxygen atoms in total. The number of ketones is 1. The Morgan fingerprint density at radius 3 is 2.65 bits per heavy atom.